The number of rotatable bonds is 7. The van der Waals surface area contributed by atoms with Gasteiger partial charge in [0.25, 0.3) is 0 Å². The molecule has 20 heavy (non-hydrogen) atoms. The third-order valence-electron chi connectivity index (χ3n) is 2.48. The normalized spacial score (nSPS) is 10.7. The Kier molecular flexibility index (Phi) is 5.60. The van der Waals surface area contributed by atoms with Crippen molar-refractivity contribution in [2.24, 2.45) is 0 Å². The molecule has 1 amide bonds. The first-order chi connectivity index (χ1) is 9.67. The molecule has 0 aliphatic heterocycles. The van der Waals surface area contributed by atoms with E-state index in [4.69, 9.17) is 4.42 Å². The fourth-order valence-electron chi connectivity index (χ4n) is 1.55. The van der Waals surface area contributed by atoms with Crippen molar-refractivity contribution < 1.29 is 9.21 Å². The molecule has 0 saturated heterocycles. The third kappa shape index (κ3) is 4.64. The molecule has 1 N–H and O–H groups in total. The van der Waals surface area contributed by atoms with Gasteiger partial charge in [0.1, 0.15) is 11.5 Å². The lowest BCUT2D eigenvalue weighted by Gasteiger charge is -1.99. The van der Waals surface area contributed by atoms with E-state index in [9.17, 15) is 4.79 Å². The second-order valence-corrected chi connectivity index (χ2v) is 6.60. The maximum absolute atomic E-state index is 11.8. The molecule has 0 aliphatic carbocycles. The van der Waals surface area contributed by atoms with Crippen LogP contribution in [0, 0.1) is 6.92 Å². The lowest BCUT2D eigenvalue weighted by atomic mass is 10.2. The molecular weight excluding hydrogens is 294 g/mol. The minimum Gasteiger partial charge on any atom is -0.466 e. The van der Waals surface area contributed by atoms with Gasteiger partial charge in [-0.2, -0.15) is 0 Å². The molecule has 0 radical (unpaired) electrons. The van der Waals surface area contributed by atoms with Gasteiger partial charge < -0.3 is 9.73 Å². The van der Waals surface area contributed by atoms with Gasteiger partial charge in [-0.25, -0.2) is 0 Å². The van der Waals surface area contributed by atoms with E-state index in [2.05, 4.69) is 22.4 Å². The van der Waals surface area contributed by atoms with Crippen LogP contribution in [0.25, 0.3) is 0 Å². The summed E-state index contributed by atoms with van der Waals surface area (Å²) in [5.41, 5.74) is 0. The molecule has 2 heterocycles. The molecule has 2 aromatic rings. The van der Waals surface area contributed by atoms with Gasteiger partial charge in [0.05, 0.1) is 0 Å². The number of carbonyl (C=O) groups is 1. The van der Waals surface area contributed by atoms with Crippen molar-refractivity contribution in [3.8, 4) is 0 Å². The van der Waals surface area contributed by atoms with Crippen molar-refractivity contribution >= 4 is 34.1 Å². The fourth-order valence-corrected chi connectivity index (χ4v) is 3.24. The number of nitrogens with one attached hydrogen (secondary N) is 1. The largest absolute Gasteiger partial charge is 0.466 e. The Labute approximate surface area is 126 Å². The quantitative estimate of drug-likeness (QED) is 0.626. The van der Waals surface area contributed by atoms with Crippen LogP contribution in [-0.2, 0) is 11.2 Å². The first-order valence-electron chi connectivity index (χ1n) is 6.49. The van der Waals surface area contributed by atoms with Crippen molar-refractivity contribution in [1.82, 2.24) is 10.2 Å². The molecule has 0 aliphatic rings. The molecule has 108 valence electrons. The standard InChI is InChI=1S/C13H17N3O2S2/c1-3-8-19-13-16-15-12(20-13)14-11(17)7-6-10-5-4-9(2)18-10/h4-5H,3,6-8H2,1-2H3,(H,14,15,17). The predicted octanol–water partition coefficient (Wildman–Crippen LogP) is 3.51. The van der Waals surface area contributed by atoms with Gasteiger partial charge in [0, 0.05) is 18.6 Å². The van der Waals surface area contributed by atoms with Crippen LogP contribution in [0.4, 0.5) is 5.13 Å². The number of aromatic nitrogens is 2. The Hall–Kier alpha value is -1.34. The number of nitrogens with zero attached hydrogens (tertiary/aromatic N) is 2. The predicted molar refractivity (Wildman–Crippen MR) is 81.3 cm³/mol. The van der Waals surface area contributed by atoms with Crippen LogP contribution in [0.1, 0.15) is 31.3 Å². The molecule has 2 rings (SSSR count). The highest BCUT2D eigenvalue weighted by atomic mass is 32.2. The Morgan fingerprint density at radius 1 is 1.45 bits per heavy atom. The zero-order valence-corrected chi connectivity index (χ0v) is 13.1. The summed E-state index contributed by atoms with van der Waals surface area (Å²) in [6, 6.07) is 3.79. The van der Waals surface area contributed by atoms with Crippen LogP contribution < -0.4 is 5.32 Å². The lowest BCUT2D eigenvalue weighted by molar-refractivity contribution is -0.116. The van der Waals surface area contributed by atoms with E-state index in [1.807, 2.05) is 19.1 Å². The van der Waals surface area contributed by atoms with Crippen molar-refractivity contribution in [3.63, 3.8) is 0 Å². The average Bonchev–Trinajstić information content (AvgIpc) is 3.03. The highest BCUT2D eigenvalue weighted by Crippen LogP contribution is 2.25. The second kappa shape index (κ2) is 7.44. The zero-order valence-electron chi connectivity index (χ0n) is 11.5. The molecule has 7 heteroatoms. The van der Waals surface area contributed by atoms with Gasteiger partial charge >= 0.3 is 0 Å². The Morgan fingerprint density at radius 2 is 2.30 bits per heavy atom. The third-order valence-corrected chi connectivity index (χ3v) is 4.65. The highest BCUT2D eigenvalue weighted by Gasteiger charge is 2.09. The molecule has 2 aromatic heterocycles. The summed E-state index contributed by atoms with van der Waals surface area (Å²) < 4.78 is 6.32. The van der Waals surface area contributed by atoms with Crippen LogP contribution in [-0.4, -0.2) is 21.9 Å². The highest BCUT2D eigenvalue weighted by molar-refractivity contribution is 8.01. The van der Waals surface area contributed by atoms with E-state index in [0.717, 1.165) is 28.0 Å². The Balaban J connectivity index is 1.77. The zero-order chi connectivity index (χ0) is 14.4. The first kappa shape index (κ1) is 15.1. The minimum absolute atomic E-state index is 0.0674. The van der Waals surface area contributed by atoms with Crippen LogP contribution in [0.15, 0.2) is 20.9 Å². The van der Waals surface area contributed by atoms with E-state index < -0.39 is 0 Å². The second-order valence-electron chi connectivity index (χ2n) is 4.28. The van der Waals surface area contributed by atoms with Crippen molar-refractivity contribution in [2.45, 2.75) is 37.4 Å². The van der Waals surface area contributed by atoms with Crippen LogP contribution in [0.2, 0.25) is 0 Å². The van der Waals surface area contributed by atoms with Crippen molar-refractivity contribution in [2.75, 3.05) is 11.1 Å². The average molecular weight is 311 g/mol. The van der Waals surface area contributed by atoms with Crippen LogP contribution >= 0.6 is 23.1 Å². The van der Waals surface area contributed by atoms with Gasteiger partial charge in [-0.3, -0.25) is 4.79 Å². The maximum Gasteiger partial charge on any atom is 0.226 e. The maximum atomic E-state index is 11.8. The fraction of sp³-hybridized carbons (Fsp3) is 0.462. The van der Waals surface area contributed by atoms with Gasteiger partial charge in [-0.1, -0.05) is 30.0 Å². The summed E-state index contributed by atoms with van der Waals surface area (Å²) in [7, 11) is 0. The van der Waals surface area contributed by atoms with E-state index in [1.165, 1.54) is 11.3 Å². The molecule has 0 bridgehead atoms. The van der Waals surface area contributed by atoms with E-state index >= 15 is 0 Å². The number of hydrogen-bond acceptors (Lipinski definition) is 6. The Bertz CT molecular complexity index is 565. The molecule has 0 saturated carbocycles. The van der Waals surface area contributed by atoms with Crippen LogP contribution in [0.3, 0.4) is 0 Å². The monoisotopic (exact) mass is 311 g/mol. The lowest BCUT2D eigenvalue weighted by Crippen LogP contribution is -2.11. The number of anilines is 1. The summed E-state index contributed by atoms with van der Waals surface area (Å²) in [6.45, 7) is 4.01. The molecule has 0 fully saturated rings. The van der Waals surface area contributed by atoms with Gasteiger partial charge in [0.15, 0.2) is 4.34 Å². The molecule has 0 spiro atoms. The van der Waals surface area contributed by atoms with Crippen molar-refractivity contribution in [1.29, 1.82) is 0 Å². The molecule has 0 aromatic carbocycles. The summed E-state index contributed by atoms with van der Waals surface area (Å²) in [6.07, 6.45) is 2.06. The molecular formula is C13H17N3O2S2. The van der Waals surface area contributed by atoms with Gasteiger partial charge in [-0.05, 0) is 25.5 Å². The summed E-state index contributed by atoms with van der Waals surface area (Å²) in [4.78, 5) is 11.8. The Morgan fingerprint density at radius 3 is 3.00 bits per heavy atom. The minimum atomic E-state index is -0.0674. The summed E-state index contributed by atoms with van der Waals surface area (Å²) >= 11 is 3.07. The number of hydrogen-bond donors (Lipinski definition) is 1. The molecule has 0 atom stereocenters. The van der Waals surface area contributed by atoms with Crippen LogP contribution in [0.5, 0.6) is 0 Å². The number of furan rings is 1. The van der Waals surface area contributed by atoms with Gasteiger partial charge in [0.2, 0.25) is 11.0 Å². The topological polar surface area (TPSA) is 68.0 Å². The van der Waals surface area contributed by atoms with E-state index in [1.54, 1.807) is 11.8 Å². The molecule has 0 unspecified atom stereocenters. The number of thioether (sulfide) groups is 1. The van der Waals surface area contributed by atoms with E-state index in [-0.39, 0.29) is 5.91 Å². The summed E-state index contributed by atoms with van der Waals surface area (Å²) in [5, 5.41) is 11.3. The van der Waals surface area contributed by atoms with E-state index in [0.29, 0.717) is 18.0 Å². The number of aryl methyl sites for hydroxylation is 2. The smallest absolute Gasteiger partial charge is 0.226 e. The van der Waals surface area contributed by atoms with Gasteiger partial charge in [-0.15, -0.1) is 10.2 Å². The number of carbonyl (C=O) groups excluding carboxylic acids is 1. The molecule has 5 nitrogen and oxygen atoms in total. The SMILES string of the molecule is CCCSc1nnc(NC(=O)CCc2ccc(C)o2)s1. The summed E-state index contributed by atoms with van der Waals surface area (Å²) in [5.74, 6) is 2.64. The first-order valence-corrected chi connectivity index (χ1v) is 8.29. The number of amides is 1. The van der Waals surface area contributed by atoms with Crippen molar-refractivity contribution in [3.05, 3.63) is 23.7 Å².